The topological polar surface area (TPSA) is 111 Å². The van der Waals surface area contributed by atoms with Crippen LogP contribution in [0.25, 0.3) is 0 Å². The Morgan fingerprint density at radius 1 is 1.08 bits per heavy atom. The van der Waals surface area contributed by atoms with Crippen molar-refractivity contribution in [2.24, 2.45) is 0 Å². The standard InChI is InChI=1S/C14H20N2O6S.ClH/c1-15-7-4-8-16-23(19,20)12-9-10(13(17)21-2)5-6-11(12)14(18)22-3;/h5-6,9,15-16H,4,7-8H2,1-3H3;1H. The number of ether oxygens (including phenoxy) is 2. The van der Waals surface area contributed by atoms with Crippen molar-refractivity contribution in [3.8, 4) is 0 Å². The van der Waals surface area contributed by atoms with Gasteiger partial charge in [-0.25, -0.2) is 22.7 Å². The first-order valence-electron chi connectivity index (χ1n) is 6.82. The van der Waals surface area contributed by atoms with E-state index in [0.717, 1.165) is 13.2 Å². The zero-order valence-electron chi connectivity index (χ0n) is 13.6. The maximum absolute atomic E-state index is 12.4. The quantitative estimate of drug-likeness (QED) is 0.501. The second-order valence-corrected chi connectivity index (χ2v) is 6.28. The molecule has 0 bridgehead atoms. The van der Waals surface area contributed by atoms with Gasteiger partial charge in [-0.15, -0.1) is 12.4 Å². The van der Waals surface area contributed by atoms with Gasteiger partial charge in [0.2, 0.25) is 10.0 Å². The Morgan fingerprint density at radius 3 is 2.25 bits per heavy atom. The maximum Gasteiger partial charge on any atom is 0.339 e. The van der Waals surface area contributed by atoms with Crippen LogP contribution in [0.1, 0.15) is 27.1 Å². The van der Waals surface area contributed by atoms with Crippen LogP contribution in [0.4, 0.5) is 0 Å². The molecule has 1 aromatic rings. The number of nitrogens with one attached hydrogen (secondary N) is 2. The zero-order chi connectivity index (χ0) is 17.5. The monoisotopic (exact) mass is 380 g/mol. The van der Waals surface area contributed by atoms with Crippen LogP contribution in [-0.4, -0.2) is 54.7 Å². The molecule has 1 rings (SSSR count). The molecule has 0 spiro atoms. The average molecular weight is 381 g/mol. The van der Waals surface area contributed by atoms with Gasteiger partial charge in [-0.05, 0) is 38.2 Å². The molecule has 0 saturated carbocycles. The van der Waals surface area contributed by atoms with E-state index in [1.807, 2.05) is 0 Å². The Bertz CT molecular complexity index is 678. The molecule has 2 N–H and O–H groups in total. The minimum Gasteiger partial charge on any atom is -0.465 e. The van der Waals surface area contributed by atoms with Gasteiger partial charge < -0.3 is 14.8 Å². The van der Waals surface area contributed by atoms with Gasteiger partial charge in [0.25, 0.3) is 0 Å². The summed E-state index contributed by atoms with van der Waals surface area (Å²) in [7, 11) is 0.104. The smallest absolute Gasteiger partial charge is 0.339 e. The summed E-state index contributed by atoms with van der Waals surface area (Å²) in [4.78, 5) is 23.0. The third-order valence-electron chi connectivity index (χ3n) is 2.99. The summed E-state index contributed by atoms with van der Waals surface area (Å²) < 4.78 is 36.4. The number of hydrogen-bond donors (Lipinski definition) is 2. The van der Waals surface area contributed by atoms with E-state index < -0.39 is 22.0 Å². The second kappa shape index (κ2) is 10.2. The Balaban J connectivity index is 0.00000529. The van der Waals surface area contributed by atoms with Gasteiger partial charge in [0.15, 0.2) is 0 Å². The van der Waals surface area contributed by atoms with Crippen LogP contribution < -0.4 is 10.0 Å². The van der Waals surface area contributed by atoms with Gasteiger partial charge in [-0.1, -0.05) is 0 Å². The lowest BCUT2D eigenvalue weighted by Crippen LogP contribution is -2.28. The van der Waals surface area contributed by atoms with E-state index in [-0.39, 0.29) is 35.0 Å². The molecule has 0 atom stereocenters. The number of esters is 2. The van der Waals surface area contributed by atoms with Gasteiger partial charge >= 0.3 is 11.9 Å². The van der Waals surface area contributed by atoms with E-state index in [9.17, 15) is 18.0 Å². The highest BCUT2D eigenvalue weighted by atomic mass is 35.5. The van der Waals surface area contributed by atoms with Gasteiger partial charge in [-0.3, -0.25) is 0 Å². The van der Waals surface area contributed by atoms with E-state index in [2.05, 4.69) is 19.5 Å². The number of sulfonamides is 1. The Hall–Kier alpha value is -1.68. The Kier molecular flexibility index (Phi) is 9.52. The lowest BCUT2D eigenvalue weighted by Gasteiger charge is -2.11. The third kappa shape index (κ3) is 5.75. The molecule has 0 heterocycles. The number of carbonyl (C=O) groups excluding carboxylic acids is 2. The molecule has 8 nitrogen and oxygen atoms in total. The van der Waals surface area contributed by atoms with Crippen molar-refractivity contribution in [2.45, 2.75) is 11.3 Å². The normalized spacial score (nSPS) is 10.6. The van der Waals surface area contributed by atoms with Crippen LogP contribution >= 0.6 is 12.4 Å². The van der Waals surface area contributed by atoms with Crippen LogP contribution in [0.2, 0.25) is 0 Å². The molecule has 136 valence electrons. The van der Waals surface area contributed by atoms with E-state index in [4.69, 9.17) is 0 Å². The van der Waals surface area contributed by atoms with Crippen molar-refractivity contribution in [2.75, 3.05) is 34.4 Å². The SMILES string of the molecule is CNCCCNS(=O)(=O)c1cc(C(=O)OC)ccc1C(=O)OC.Cl. The fourth-order valence-corrected chi connectivity index (χ4v) is 3.11. The molecule has 0 aliphatic carbocycles. The predicted molar refractivity (Wildman–Crippen MR) is 90.1 cm³/mol. The van der Waals surface area contributed by atoms with Crippen LogP contribution in [0.3, 0.4) is 0 Å². The molecule has 0 aliphatic rings. The molecular weight excluding hydrogens is 360 g/mol. The minimum absolute atomic E-state index is 0. The van der Waals surface area contributed by atoms with Gasteiger partial charge in [0.05, 0.1) is 30.2 Å². The number of halogens is 1. The van der Waals surface area contributed by atoms with Crippen molar-refractivity contribution >= 4 is 34.4 Å². The highest BCUT2D eigenvalue weighted by Crippen LogP contribution is 2.19. The first-order chi connectivity index (χ1) is 10.9. The highest BCUT2D eigenvalue weighted by molar-refractivity contribution is 7.89. The first kappa shape index (κ1) is 22.3. The number of hydrogen-bond acceptors (Lipinski definition) is 7. The number of methoxy groups -OCH3 is 2. The molecule has 0 amide bonds. The molecule has 0 radical (unpaired) electrons. The number of benzene rings is 1. The number of rotatable bonds is 8. The summed E-state index contributed by atoms with van der Waals surface area (Å²) in [5.41, 5.74) is -0.128. The second-order valence-electron chi connectivity index (χ2n) is 4.55. The van der Waals surface area contributed by atoms with Crippen molar-refractivity contribution < 1.29 is 27.5 Å². The van der Waals surface area contributed by atoms with Crippen LogP contribution in [0.15, 0.2) is 23.1 Å². The molecule has 0 fully saturated rings. The summed E-state index contributed by atoms with van der Waals surface area (Å²) in [6.45, 7) is 0.820. The fourth-order valence-electron chi connectivity index (χ4n) is 1.82. The van der Waals surface area contributed by atoms with Crippen molar-refractivity contribution in [1.29, 1.82) is 0 Å². The summed E-state index contributed by atoms with van der Waals surface area (Å²) in [5.74, 6) is -1.51. The molecule has 0 unspecified atom stereocenters. The molecule has 24 heavy (non-hydrogen) atoms. The van der Waals surface area contributed by atoms with E-state index >= 15 is 0 Å². The van der Waals surface area contributed by atoms with Gasteiger partial charge in [0.1, 0.15) is 0 Å². The summed E-state index contributed by atoms with van der Waals surface area (Å²) in [6, 6.07) is 3.62. The highest BCUT2D eigenvalue weighted by Gasteiger charge is 2.24. The van der Waals surface area contributed by atoms with Gasteiger partial charge in [-0.2, -0.15) is 0 Å². The maximum atomic E-state index is 12.4. The minimum atomic E-state index is -3.98. The number of carbonyl (C=O) groups is 2. The van der Waals surface area contributed by atoms with E-state index in [1.54, 1.807) is 7.05 Å². The lowest BCUT2D eigenvalue weighted by molar-refractivity contribution is 0.0583. The van der Waals surface area contributed by atoms with E-state index in [1.165, 1.54) is 19.2 Å². The summed E-state index contributed by atoms with van der Waals surface area (Å²) in [5, 5.41) is 2.89. The Labute approximate surface area is 147 Å². The lowest BCUT2D eigenvalue weighted by atomic mass is 10.1. The predicted octanol–water partition coefficient (Wildman–Crippen LogP) is 0.569. The van der Waals surface area contributed by atoms with Crippen molar-refractivity contribution in [3.05, 3.63) is 29.3 Å². The fraction of sp³-hybridized carbons (Fsp3) is 0.429. The van der Waals surface area contributed by atoms with Crippen LogP contribution in [0.5, 0.6) is 0 Å². The van der Waals surface area contributed by atoms with E-state index in [0.29, 0.717) is 13.0 Å². The van der Waals surface area contributed by atoms with Crippen molar-refractivity contribution in [1.82, 2.24) is 10.0 Å². The van der Waals surface area contributed by atoms with Crippen LogP contribution in [-0.2, 0) is 19.5 Å². The molecule has 10 heteroatoms. The molecule has 0 aromatic heterocycles. The Morgan fingerprint density at radius 2 is 1.71 bits per heavy atom. The van der Waals surface area contributed by atoms with Crippen LogP contribution in [0, 0.1) is 0 Å². The summed E-state index contributed by atoms with van der Waals surface area (Å²) in [6.07, 6.45) is 0.569. The molecule has 0 aliphatic heterocycles. The average Bonchev–Trinajstić information content (AvgIpc) is 2.56. The summed E-state index contributed by atoms with van der Waals surface area (Å²) >= 11 is 0. The first-order valence-corrected chi connectivity index (χ1v) is 8.30. The van der Waals surface area contributed by atoms with Gasteiger partial charge in [0, 0.05) is 6.54 Å². The molecule has 1 aromatic carbocycles. The van der Waals surface area contributed by atoms with Crippen molar-refractivity contribution in [3.63, 3.8) is 0 Å². The molecular formula is C14H21ClN2O6S. The largest absolute Gasteiger partial charge is 0.465 e. The molecule has 0 saturated heterocycles. The zero-order valence-corrected chi connectivity index (χ0v) is 15.3. The third-order valence-corrected chi connectivity index (χ3v) is 4.49.